The first-order chi connectivity index (χ1) is 20.5. The van der Waals surface area contributed by atoms with Gasteiger partial charge in [0.25, 0.3) is 17.7 Å². The number of rotatable bonds is 6. The predicted octanol–water partition coefficient (Wildman–Crippen LogP) is 4.31. The van der Waals surface area contributed by atoms with Crippen LogP contribution in [0.3, 0.4) is 0 Å². The van der Waals surface area contributed by atoms with E-state index in [4.69, 9.17) is 0 Å². The van der Waals surface area contributed by atoms with Crippen LogP contribution in [0.5, 0.6) is 0 Å². The van der Waals surface area contributed by atoms with E-state index in [-0.39, 0.29) is 36.3 Å². The fraction of sp³-hybridized carbons (Fsp3) is 0.355. The van der Waals surface area contributed by atoms with E-state index < -0.39 is 66.1 Å². The molecule has 222 valence electrons. The minimum absolute atomic E-state index is 0.0451. The average Bonchev–Trinajstić information content (AvgIpc) is 3.55. The summed E-state index contributed by atoms with van der Waals surface area (Å²) >= 11 is 0. The van der Waals surface area contributed by atoms with Crippen molar-refractivity contribution in [1.82, 2.24) is 10.3 Å². The molecule has 2 fully saturated rings. The van der Waals surface area contributed by atoms with Gasteiger partial charge in [0.05, 0.1) is 11.6 Å². The number of hydrogen-bond donors (Lipinski definition) is 2. The number of anilines is 2. The van der Waals surface area contributed by atoms with Crippen LogP contribution < -0.4 is 15.1 Å². The van der Waals surface area contributed by atoms with Gasteiger partial charge >= 0.3 is 0 Å². The number of aryl methyl sites for hydroxylation is 1. The van der Waals surface area contributed by atoms with Gasteiger partial charge in [0.2, 0.25) is 0 Å². The van der Waals surface area contributed by atoms with Crippen LogP contribution >= 0.6 is 0 Å². The minimum Gasteiger partial charge on any atom is -0.374 e. The maximum Gasteiger partial charge on any atom is 0.252 e. The zero-order valence-electron chi connectivity index (χ0n) is 22.8. The summed E-state index contributed by atoms with van der Waals surface area (Å²) in [6.45, 7) is 0. The lowest BCUT2D eigenvalue weighted by atomic mass is 9.83. The number of aliphatic hydroxyl groups is 1. The van der Waals surface area contributed by atoms with Gasteiger partial charge in [0, 0.05) is 36.8 Å². The van der Waals surface area contributed by atoms with Gasteiger partial charge in [0.1, 0.15) is 18.1 Å². The summed E-state index contributed by atoms with van der Waals surface area (Å²) in [5.41, 5.74) is -0.500. The number of nitrogens with one attached hydrogen (secondary N) is 1. The monoisotopic (exact) mass is 593 g/mol. The number of pyridine rings is 1. The highest BCUT2D eigenvalue weighted by molar-refractivity contribution is 6.08. The molecule has 0 spiro atoms. The van der Waals surface area contributed by atoms with Crippen LogP contribution in [-0.2, 0) is 21.5 Å². The Morgan fingerprint density at radius 2 is 1.84 bits per heavy atom. The van der Waals surface area contributed by atoms with Crippen molar-refractivity contribution in [2.24, 2.45) is 0 Å². The Hall–Kier alpha value is -4.50. The van der Waals surface area contributed by atoms with E-state index in [9.17, 15) is 37.5 Å². The van der Waals surface area contributed by atoms with Crippen LogP contribution in [0.1, 0.15) is 48.8 Å². The molecule has 2 N–H and O–H groups in total. The second-order valence-electron chi connectivity index (χ2n) is 11.2. The van der Waals surface area contributed by atoms with Gasteiger partial charge in [-0.05, 0) is 61.1 Å². The van der Waals surface area contributed by atoms with Crippen LogP contribution in [0, 0.1) is 23.0 Å². The third-order valence-electron chi connectivity index (χ3n) is 8.56. The number of nitrogens with zero attached hydrogens (tertiary/aromatic N) is 4. The van der Waals surface area contributed by atoms with Crippen molar-refractivity contribution in [1.29, 1.82) is 5.26 Å². The number of carbonyl (C=O) groups is 2. The molecule has 0 bridgehead atoms. The number of alkyl halides is 2. The third kappa shape index (κ3) is 4.87. The van der Waals surface area contributed by atoms with E-state index in [1.54, 1.807) is 24.3 Å². The Kier molecular flexibility index (Phi) is 7.08. The molecule has 6 rings (SSSR count). The first-order valence-corrected chi connectivity index (χ1v) is 13.9. The molecular formula is C31H27F4N5O3. The van der Waals surface area contributed by atoms with Crippen molar-refractivity contribution in [2.75, 3.05) is 9.80 Å². The number of amides is 2. The van der Waals surface area contributed by atoms with Crippen molar-refractivity contribution in [3.63, 3.8) is 0 Å². The van der Waals surface area contributed by atoms with E-state index in [1.165, 1.54) is 29.3 Å². The number of aromatic nitrogens is 1. The molecule has 12 heteroatoms. The van der Waals surface area contributed by atoms with Crippen molar-refractivity contribution in [3.05, 3.63) is 89.1 Å². The predicted molar refractivity (Wildman–Crippen MR) is 147 cm³/mol. The van der Waals surface area contributed by atoms with E-state index >= 15 is 0 Å². The lowest BCUT2D eigenvalue weighted by molar-refractivity contribution is -0.137. The average molecular weight is 594 g/mol. The highest BCUT2D eigenvalue weighted by Gasteiger charge is 2.57. The SMILES string of the molecule is N#Cc1ccnc(N2C(O)CC[C@H]2C(=O)N(c2ccc(F)c(F)c2)[C@]2(C(=O)NC3CC(F)(F)C3)CCc3ccccc32)c1. The lowest BCUT2D eigenvalue weighted by Gasteiger charge is -2.45. The Labute approximate surface area is 244 Å². The topological polar surface area (TPSA) is 110 Å². The number of benzene rings is 2. The van der Waals surface area contributed by atoms with E-state index in [1.807, 2.05) is 6.07 Å². The molecule has 1 aromatic heterocycles. The third-order valence-corrected chi connectivity index (χ3v) is 8.56. The Bertz CT molecular complexity index is 1640. The number of aliphatic hydroxyl groups excluding tert-OH is 1. The molecule has 3 aliphatic rings. The number of fused-ring (bicyclic) bond motifs is 1. The quantitative estimate of drug-likeness (QED) is 0.413. The molecule has 0 radical (unpaired) electrons. The highest BCUT2D eigenvalue weighted by Crippen LogP contribution is 2.47. The summed E-state index contributed by atoms with van der Waals surface area (Å²) in [6.07, 6.45) is -0.257. The maximum atomic E-state index is 14.8. The van der Waals surface area contributed by atoms with Crippen LogP contribution in [0.2, 0.25) is 0 Å². The molecule has 2 amide bonds. The van der Waals surface area contributed by atoms with Gasteiger partial charge in [-0.15, -0.1) is 0 Å². The summed E-state index contributed by atoms with van der Waals surface area (Å²) in [7, 11) is 0. The molecule has 1 unspecified atom stereocenters. The van der Waals surface area contributed by atoms with Crippen LogP contribution in [0.25, 0.3) is 0 Å². The standard InChI is InChI=1S/C31H27F4N5O3/c32-23-6-5-21(14-24(23)33)40(28(42)25-7-8-27(41)39(25)26-13-18(17-36)10-12-37-26)31(11-9-19-3-1-2-4-22(19)31)29(43)38-20-15-30(34,35)16-20/h1-6,10,12-14,20,25,27,41H,7-9,11,15-16H2,(H,38,43)/t25-,27?,31+/m0/s1. The molecular weight excluding hydrogens is 566 g/mol. The molecule has 1 saturated carbocycles. The Balaban J connectivity index is 1.50. The first kappa shape index (κ1) is 28.6. The molecule has 3 atom stereocenters. The van der Waals surface area contributed by atoms with Crippen molar-refractivity contribution in [3.8, 4) is 6.07 Å². The first-order valence-electron chi connectivity index (χ1n) is 13.9. The van der Waals surface area contributed by atoms with Crippen molar-refractivity contribution in [2.45, 2.75) is 68.3 Å². The fourth-order valence-corrected chi connectivity index (χ4v) is 6.52. The van der Waals surface area contributed by atoms with Crippen LogP contribution in [0.15, 0.2) is 60.8 Å². The Morgan fingerprint density at radius 1 is 1.07 bits per heavy atom. The second kappa shape index (κ2) is 10.6. The smallest absolute Gasteiger partial charge is 0.252 e. The summed E-state index contributed by atoms with van der Waals surface area (Å²) in [4.78, 5) is 35.8. The summed E-state index contributed by atoms with van der Waals surface area (Å²) in [5.74, 6) is -6.60. The van der Waals surface area contributed by atoms with Gasteiger partial charge in [-0.1, -0.05) is 24.3 Å². The van der Waals surface area contributed by atoms with Gasteiger partial charge < -0.3 is 15.3 Å². The molecule has 1 saturated heterocycles. The maximum absolute atomic E-state index is 14.8. The van der Waals surface area contributed by atoms with Crippen molar-refractivity contribution < 1.29 is 32.3 Å². The second-order valence-corrected chi connectivity index (χ2v) is 11.2. The largest absolute Gasteiger partial charge is 0.374 e. The number of halogens is 4. The van der Waals surface area contributed by atoms with Gasteiger partial charge in [-0.2, -0.15) is 5.26 Å². The molecule has 2 heterocycles. The summed E-state index contributed by atoms with van der Waals surface area (Å²) in [5, 5.41) is 23.0. The molecule has 8 nitrogen and oxygen atoms in total. The molecule has 1 aliphatic heterocycles. The minimum atomic E-state index is -2.92. The number of hydrogen-bond acceptors (Lipinski definition) is 6. The van der Waals surface area contributed by atoms with Gasteiger partial charge in [0.15, 0.2) is 17.2 Å². The molecule has 43 heavy (non-hydrogen) atoms. The summed E-state index contributed by atoms with van der Waals surface area (Å²) < 4.78 is 56.4. The highest BCUT2D eigenvalue weighted by atomic mass is 19.3. The van der Waals surface area contributed by atoms with Gasteiger partial charge in [-0.25, -0.2) is 22.5 Å². The van der Waals surface area contributed by atoms with Crippen LogP contribution in [0.4, 0.5) is 29.1 Å². The van der Waals surface area contributed by atoms with Crippen molar-refractivity contribution >= 4 is 23.3 Å². The molecule has 3 aromatic rings. The fourth-order valence-electron chi connectivity index (χ4n) is 6.52. The lowest BCUT2D eigenvalue weighted by Crippen LogP contribution is -2.64. The van der Waals surface area contributed by atoms with E-state index in [0.717, 1.165) is 22.6 Å². The molecule has 2 aromatic carbocycles. The van der Waals surface area contributed by atoms with E-state index in [0.29, 0.717) is 12.0 Å². The normalized spacial score (nSPS) is 24.1. The number of carbonyl (C=O) groups excluding carboxylic acids is 2. The molecule has 2 aliphatic carbocycles. The zero-order chi connectivity index (χ0) is 30.5. The zero-order valence-corrected chi connectivity index (χ0v) is 22.8. The Morgan fingerprint density at radius 3 is 2.56 bits per heavy atom. The van der Waals surface area contributed by atoms with Crippen LogP contribution in [-0.4, -0.2) is 46.1 Å². The van der Waals surface area contributed by atoms with Gasteiger partial charge in [-0.3, -0.25) is 14.5 Å². The van der Waals surface area contributed by atoms with E-state index in [2.05, 4.69) is 10.3 Å². The number of nitriles is 1. The summed E-state index contributed by atoms with van der Waals surface area (Å²) in [6, 6.07) is 12.7.